The monoisotopic (exact) mass is 245 g/mol. The minimum Gasteiger partial charge on any atom is -0.352 e. The number of nitrogens with one attached hydrogen (secondary N) is 2. The lowest BCUT2D eigenvalue weighted by atomic mass is 10.1. The maximum Gasteiger partial charge on any atom is 0.220 e. The van der Waals surface area contributed by atoms with Crippen LogP contribution in [0.4, 0.5) is 0 Å². The maximum absolute atomic E-state index is 11.4. The molecular formula is C12H15N5O. The molecule has 0 aliphatic heterocycles. The Morgan fingerprint density at radius 1 is 1.44 bits per heavy atom. The molecule has 1 aromatic heterocycles. The number of H-pyrrole nitrogens is 1. The summed E-state index contributed by atoms with van der Waals surface area (Å²) in [6.07, 6.45) is 1.42. The van der Waals surface area contributed by atoms with Crippen molar-refractivity contribution in [1.29, 1.82) is 0 Å². The molecule has 0 saturated carbocycles. The minimum absolute atomic E-state index is 0.0717. The van der Waals surface area contributed by atoms with Crippen molar-refractivity contribution in [3.63, 3.8) is 0 Å². The molecule has 0 fully saturated rings. The third-order valence-electron chi connectivity index (χ3n) is 2.50. The number of aromatic nitrogens is 4. The van der Waals surface area contributed by atoms with Crippen molar-refractivity contribution in [2.24, 2.45) is 0 Å². The van der Waals surface area contributed by atoms with Crippen LogP contribution in [-0.4, -0.2) is 26.5 Å². The second-order valence-corrected chi connectivity index (χ2v) is 3.96. The third kappa shape index (κ3) is 3.13. The molecule has 0 bridgehead atoms. The molecule has 6 heteroatoms. The lowest BCUT2D eigenvalue weighted by Gasteiger charge is -2.05. The van der Waals surface area contributed by atoms with E-state index in [1.165, 1.54) is 0 Å². The highest BCUT2D eigenvalue weighted by Crippen LogP contribution is 2.14. The fourth-order valence-electron chi connectivity index (χ4n) is 1.62. The number of aromatic amines is 1. The Bertz CT molecular complexity index is 509. The molecule has 6 nitrogen and oxygen atoms in total. The topological polar surface area (TPSA) is 83.6 Å². The highest BCUT2D eigenvalue weighted by atomic mass is 16.1. The van der Waals surface area contributed by atoms with E-state index in [2.05, 4.69) is 25.9 Å². The van der Waals surface area contributed by atoms with Crippen LogP contribution in [0.15, 0.2) is 24.3 Å². The molecule has 94 valence electrons. The van der Waals surface area contributed by atoms with E-state index in [0.717, 1.165) is 17.5 Å². The van der Waals surface area contributed by atoms with E-state index in [1.807, 2.05) is 31.2 Å². The zero-order valence-electron chi connectivity index (χ0n) is 10.2. The van der Waals surface area contributed by atoms with Gasteiger partial charge in [-0.15, -0.1) is 10.2 Å². The first-order valence-electron chi connectivity index (χ1n) is 5.89. The number of benzene rings is 1. The van der Waals surface area contributed by atoms with Crippen molar-refractivity contribution in [1.82, 2.24) is 25.9 Å². The summed E-state index contributed by atoms with van der Waals surface area (Å²) in [5.74, 6) is 0.624. The van der Waals surface area contributed by atoms with E-state index in [9.17, 15) is 4.79 Å². The van der Waals surface area contributed by atoms with Crippen LogP contribution in [0.2, 0.25) is 0 Å². The number of carbonyl (C=O) groups is 1. The number of nitrogens with zero attached hydrogens (tertiary/aromatic N) is 3. The lowest BCUT2D eigenvalue weighted by Crippen LogP contribution is -2.22. The van der Waals surface area contributed by atoms with E-state index in [-0.39, 0.29) is 5.91 Å². The molecule has 0 spiro atoms. The van der Waals surface area contributed by atoms with E-state index in [0.29, 0.717) is 18.8 Å². The molecule has 0 radical (unpaired) electrons. The molecule has 0 unspecified atom stereocenters. The Morgan fingerprint density at radius 2 is 2.33 bits per heavy atom. The van der Waals surface area contributed by atoms with Crippen LogP contribution >= 0.6 is 0 Å². The van der Waals surface area contributed by atoms with Gasteiger partial charge in [0.1, 0.15) is 0 Å². The maximum atomic E-state index is 11.4. The first kappa shape index (κ1) is 12.2. The average molecular weight is 245 g/mol. The van der Waals surface area contributed by atoms with Crippen LogP contribution in [0.25, 0.3) is 11.4 Å². The largest absolute Gasteiger partial charge is 0.352 e. The summed E-state index contributed by atoms with van der Waals surface area (Å²) in [7, 11) is 0. The van der Waals surface area contributed by atoms with Crippen LogP contribution in [0.5, 0.6) is 0 Å². The van der Waals surface area contributed by atoms with Gasteiger partial charge in [-0.05, 0) is 23.3 Å². The second-order valence-electron chi connectivity index (χ2n) is 3.96. The highest BCUT2D eigenvalue weighted by Gasteiger charge is 2.04. The SMILES string of the molecule is CCCC(=O)NCc1cccc(-c2nn[nH]n2)c1. The molecule has 2 rings (SSSR count). The molecule has 0 aliphatic rings. The first-order valence-corrected chi connectivity index (χ1v) is 5.89. The predicted molar refractivity (Wildman–Crippen MR) is 66.4 cm³/mol. The summed E-state index contributed by atoms with van der Waals surface area (Å²) in [6, 6.07) is 7.71. The van der Waals surface area contributed by atoms with Crippen molar-refractivity contribution in [2.75, 3.05) is 0 Å². The molecule has 2 N–H and O–H groups in total. The quantitative estimate of drug-likeness (QED) is 0.831. The van der Waals surface area contributed by atoms with Crippen LogP contribution in [0.1, 0.15) is 25.3 Å². The summed E-state index contributed by atoms with van der Waals surface area (Å²) in [5.41, 5.74) is 1.90. The molecule has 0 atom stereocenters. The smallest absolute Gasteiger partial charge is 0.220 e. The second kappa shape index (κ2) is 5.90. The van der Waals surface area contributed by atoms with Gasteiger partial charge in [0.15, 0.2) is 0 Å². The zero-order valence-corrected chi connectivity index (χ0v) is 10.2. The predicted octanol–water partition coefficient (Wildman–Crippen LogP) is 1.28. The average Bonchev–Trinajstić information content (AvgIpc) is 2.91. The lowest BCUT2D eigenvalue weighted by molar-refractivity contribution is -0.121. The van der Waals surface area contributed by atoms with Crippen molar-refractivity contribution in [2.45, 2.75) is 26.3 Å². The van der Waals surface area contributed by atoms with Crippen molar-refractivity contribution in [3.05, 3.63) is 29.8 Å². The molecule has 2 aromatic rings. The number of amides is 1. The number of hydrogen-bond donors (Lipinski definition) is 2. The number of carbonyl (C=O) groups excluding carboxylic acids is 1. The van der Waals surface area contributed by atoms with Gasteiger partial charge in [0, 0.05) is 18.5 Å². The van der Waals surface area contributed by atoms with Crippen molar-refractivity contribution < 1.29 is 4.79 Å². The van der Waals surface area contributed by atoms with E-state index < -0.39 is 0 Å². The van der Waals surface area contributed by atoms with Gasteiger partial charge in [-0.2, -0.15) is 5.21 Å². The number of rotatable bonds is 5. The van der Waals surface area contributed by atoms with Crippen LogP contribution in [0, 0.1) is 0 Å². The van der Waals surface area contributed by atoms with Crippen LogP contribution < -0.4 is 5.32 Å². The van der Waals surface area contributed by atoms with Crippen molar-refractivity contribution in [3.8, 4) is 11.4 Å². The number of hydrogen-bond acceptors (Lipinski definition) is 4. The molecule has 0 saturated heterocycles. The Hall–Kier alpha value is -2.24. The summed E-state index contributed by atoms with van der Waals surface area (Å²) in [5, 5.41) is 16.6. The van der Waals surface area contributed by atoms with Gasteiger partial charge in [-0.3, -0.25) is 4.79 Å². The zero-order chi connectivity index (χ0) is 12.8. The molecule has 1 heterocycles. The van der Waals surface area contributed by atoms with E-state index >= 15 is 0 Å². The van der Waals surface area contributed by atoms with E-state index in [4.69, 9.17) is 0 Å². The minimum atomic E-state index is 0.0717. The third-order valence-corrected chi connectivity index (χ3v) is 2.50. The standard InChI is InChI=1S/C12H15N5O/c1-2-4-11(18)13-8-9-5-3-6-10(7-9)12-14-16-17-15-12/h3,5-7H,2,4,8H2,1H3,(H,13,18)(H,14,15,16,17). The molecular weight excluding hydrogens is 230 g/mol. The van der Waals surface area contributed by atoms with Gasteiger partial charge in [0.25, 0.3) is 0 Å². The Kier molecular flexibility index (Phi) is 4.01. The van der Waals surface area contributed by atoms with Crippen LogP contribution in [-0.2, 0) is 11.3 Å². The van der Waals surface area contributed by atoms with E-state index in [1.54, 1.807) is 0 Å². The molecule has 1 aromatic carbocycles. The Morgan fingerprint density at radius 3 is 3.06 bits per heavy atom. The van der Waals surface area contributed by atoms with Gasteiger partial charge in [0.05, 0.1) is 0 Å². The summed E-state index contributed by atoms with van der Waals surface area (Å²) in [6.45, 7) is 2.50. The summed E-state index contributed by atoms with van der Waals surface area (Å²) in [4.78, 5) is 11.4. The van der Waals surface area contributed by atoms with Gasteiger partial charge < -0.3 is 5.32 Å². The first-order chi connectivity index (χ1) is 8.79. The summed E-state index contributed by atoms with van der Waals surface area (Å²) >= 11 is 0. The Labute approximate surface area is 105 Å². The van der Waals surface area contributed by atoms with Gasteiger partial charge in [-0.1, -0.05) is 25.1 Å². The fourth-order valence-corrected chi connectivity index (χ4v) is 1.62. The van der Waals surface area contributed by atoms with Crippen molar-refractivity contribution >= 4 is 5.91 Å². The Balaban J connectivity index is 2.02. The fraction of sp³-hybridized carbons (Fsp3) is 0.333. The van der Waals surface area contributed by atoms with Gasteiger partial charge >= 0.3 is 0 Å². The molecule has 1 amide bonds. The molecule has 0 aliphatic carbocycles. The number of tetrazole rings is 1. The molecule has 18 heavy (non-hydrogen) atoms. The van der Waals surface area contributed by atoms with Gasteiger partial charge in [0.2, 0.25) is 11.7 Å². The highest BCUT2D eigenvalue weighted by molar-refractivity contribution is 5.75. The normalized spacial score (nSPS) is 10.3. The summed E-state index contributed by atoms with van der Waals surface area (Å²) < 4.78 is 0. The van der Waals surface area contributed by atoms with Gasteiger partial charge in [-0.25, -0.2) is 0 Å². The van der Waals surface area contributed by atoms with Crippen LogP contribution in [0.3, 0.4) is 0 Å².